The van der Waals surface area contributed by atoms with E-state index < -0.39 is 0 Å². The zero-order chi connectivity index (χ0) is 13.8. The Balaban J connectivity index is 2.53. The van der Waals surface area contributed by atoms with Gasteiger partial charge in [-0.25, -0.2) is 4.98 Å². The van der Waals surface area contributed by atoms with Crippen LogP contribution in [0.25, 0.3) is 11.4 Å². The Bertz CT molecular complexity index is 567. The van der Waals surface area contributed by atoms with Gasteiger partial charge in [0.2, 0.25) is 0 Å². The quantitative estimate of drug-likeness (QED) is 0.839. The molecule has 102 valence electrons. The summed E-state index contributed by atoms with van der Waals surface area (Å²) in [5.74, 6) is 2.06. The number of methoxy groups -OCH3 is 1. The molecule has 5 heteroatoms. The van der Waals surface area contributed by atoms with Crippen LogP contribution in [0, 0.1) is 0 Å². The fourth-order valence-electron chi connectivity index (χ4n) is 1.98. The van der Waals surface area contributed by atoms with Crippen LogP contribution in [0.2, 0.25) is 5.02 Å². The van der Waals surface area contributed by atoms with Crippen LogP contribution >= 0.6 is 11.6 Å². The van der Waals surface area contributed by atoms with E-state index in [9.17, 15) is 0 Å². The van der Waals surface area contributed by atoms with E-state index in [-0.39, 0.29) is 0 Å². The highest BCUT2D eigenvalue weighted by atomic mass is 35.5. The lowest BCUT2D eigenvalue weighted by Crippen LogP contribution is -1.99. The highest BCUT2D eigenvalue weighted by Crippen LogP contribution is 2.39. The highest BCUT2D eigenvalue weighted by molar-refractivity contribution is 6.32. The Kier molecular flexibility index (Phi) is 4.32. The van der Waals surface area contributed by atoms with Gasteiger partial charge < -0.3 is 14.0 Å². The Hall–Kier alpha value is -1.68. The predicted octanol–water partition coefficient (Wildman–Crippen LogP) is 3.63. The Morgan fingerprint density at radius 3 is 2.74 bits per heavy atom. The molecule has 0 radical (unpaired) electrons. The van der Waals surface area contributed by atoms with Crippen molar-refractivity contribution >= 4 is 11.6 Å². The van der Waals surface area contributed by atoms with Gasteiger partial charge in [0.05, 0.1) is 18.7 Å². The molecule has 0 amide bonds. The van der Waals surface area contributed by atoms with E-state index in [0.29, 0.717) is 23.1 Å². The standard InChI is InChI=1S/C14H17ClN2O2/c1-4-17-7-6-16-14(17)10-8-11(15)13(18-3)12(9-10)19-5-2/h6-9H,4-5H2,1-3H3. The van der Waals surface area contributed by atoms with Crippen LogP contribution < -0.4 is 9.47 Å². The number of hydrogen-bond donors (Lipinski definition) is 0. The molecule has 0 N–H and O–H groups in total. The molecule has 0 unspecified atom stereocenters. The minimum Gasteiger partial charge on any atom is -0.491 e. The highest BCUT2D eigenvalue weighted by Gasteiger charge is 2.14. The second-order valence-corrected chi connectivity index (χ2v) is 4.37. The van der Waals surface area contributed by atoms with E-state index in [4.69, 9.17) is 21.1 Å². The summed E-state index contributed by atoms with van der Waals surface area (Å²) in [5.41, 5.74) is 0.918. The summed E-state index contributed by atoms with van der Waals surface area (Å²) in [5, 5.41) is 0.522. The van der Waals surface area contributed by atoms with Crippen molar-refractivity contribution in [1.29, 1.82) is 0 Å². The number of imidazole rings is 1. The van der Waals surface area contributed by atoms with Gasteiger partial charge in [-0.1, -0.05) is 11.6 Å². The van der Waals surface area contributed by atoms with Crippen LogP contribution in [0.3, 0.4) is 0 Å². The van der Waals surface area contributed by atoms with E-state index in [1.165, 1.54) is 0 Å². The summed E-state index contributed by atoms with van der Waals surface area (Å²) in [7, 11) is 1.58. The zero-order valence-electron chi connectivity index (χ0n) is 11.3. The lowest BCUT2D eigenvalue weighted by Gasteiger charge is -2.13. The molecule has 4 nitrogen and oxygen atoms in total. The first-order valence-corrected chi connectivity index (χ1v) is 6.60. The average molecular weight is 281 g/mol. The first-order chi connectivity index (χ1) is 9.21. The maximum Gasteiger partial charge on any atom is 0.179 e. The van der Waals surface area contributed by atoms with Gasteiger partial charge in [0, 0.05) is 24.5 Å². The third kappa shape index (κ3) is 2.68. The molecular formula is C14H17ClN2O2. The number of aromatic nitrogens is 2. The van der Waals surface area contributed by atoms with Crippen molar-refractivity contribution in [2.24, 2.45) is 0 Å². The maximum absolute atomic E-state index is 6.24. The molecule has 0 spiro atoms. The molecule has 0 aliphatic carbocycles. The number of rotatable bonds is 5. The Morgan fingerprint density at radius 2 is 2.11 bits per heavy atom. The number of benzene rings is 1. The van der Waals surface area contributed by atoms with Gasteiger partial charge in [-0.15, -0.1) is 0 Å². The van der Waals surface area contributed by atoms with Crippen molar-refractivity contribution in [1.82, 2.24) is 9.55 Å². The molecule has 1 aromatic heterocycles. The van der Waals surface area contributed by atoms with Crippen molar-refractivity contribution in [3.05, 3.63) is 29.5 Å². The molecule has 0 aliphatic rings. The molecule has 2 aromatic rings. The largest absolute Gasteiger partial charge is 0.491 e. The van der Waals surface area contributed by atoms with E-state index >= 15 is 0 Å². The van der Waals surface area contributed by atoms with Crippen LogP contribution in [0.5, 0.6) is 11.5 Å². The lowest BCUT2D eigenvalue weighted by atomic mass is 10.2. The first-order valence-electron chi connectivity index (χ1n) is 6.23. The van der Waals surface area contributed by atoms with E-state index in [1.807, 2.05) is 29.8 Å². The van der Waals surface area contributed by atoms with Gasteiger partial charge in [0.25, 0.3) is 0 Å². The fourth-order valence-corrected chi connectivity index (χ4v) is 2.27. The number of ether oxygens (including phenoxy) is 2. The number of halogens is 1. The van der Waals surface area contributed by atoms with E-state index in [0.717, 1.165) is 17.9 Å². The van der Waals surface area contributed by atoms with E-state index in [1.54, 1.807) is 13.3 Å². The summed E-state index contributed by atoms with van der Waals surface area (Å²) in [6, 6.07) is 3.75. The van der Waals surface area contributed by atoms with Crippen LogP contribution in [0.15, 0.2) is 24.5 Å². The molecule has 19 heavy (non-hydrogen) atoms. The van der Waals surface area contributed by atoms with Crippen molar-refractivity contribution in [3.63, 3.8) is 0 Å². The molecule has 0 fully saturated rings. The van der Waals surface area contributed by atoms with Crippen LogP contribution in [-0.4, -0.2) is 23.3 Å². The normalized spacial score (nSPS) is 10.5. The van der Waals surface area contributed by atoms with Crippen LogP contribution in [0.1, 0.15) is 13.8 Å². The average Bonchev–Trinajstić information content (AvgIpc) is 2.87. The first kappa shape index (κ1) is 13.7. The predicted molar refractivity (Wildman–Crippen MR) is 76.1 cm³/mol. The van der Waals surface area contributed by atoms with Crippen LogP contribution in [0.4, 0.5) is 0 Å². The van der Waals surface area contributed by atoms with E-state index in [2.05, 4.69) is 11.9 Å². The Labute approximate surface area is 117 Å². The molecule has 1 aromatic carbocycles. The summed E-state index contributed by atoms with van der Waals surface area (Å²) < 4.78 is 12.9. The third-order valence-electron chi connectivity index (χ3n) is 2.83. The second-order valence-electron chi connectivity index (χ2n) is 3.96. The molecular weight excluding hydrogens is 264 g/mol. The molecule has 0 saturated heterocycles. The van der Waals surface area contributed by atoms with Crippen molar-refractivity contribution in [3.8, 4) is 22.9 Å². The number of hydrogen-bond acceptors (Lipinski definition) is 3. The summed E-state index contributed by atoms with van der Waals surface area (Å²) in [6.45, 7) is 5.40. The van der Waals surface area contributed by atoms with Gasteiger partial charge in [-0.3, -0.25) is 0 Å². The van der Waals surface area contributed by atoms with Gasteiger partial charge in [0.15, 0.2) is 11.5 Å². The van der Waals surface area contributed by atoms with Gasteiger partial charge in [-0.05, 0) is 26.0 Å². The SMILES string of the molecule is CCOc1cc(-c2nccn2CC)cc(Cl)c1OC. The van der Waals surface area contributed by atoms with Crippen LogP contribution in [-0.2, 0) is 6.54 Å². The van der Waals surface area contributed by atoms with Crippen molar-refractivity contribution in [2.45, 2.75) is 20.4 Å². The summed E-state index contributed by atoms with van der Waals surface area (Å²) in [6.07, 6.45) is 3.71. The maximum atomic E-state index is 6.24. The van der Waals surface area contributed by atoms with Crippen molar-refractivity contribution < 1.29 is 9.47 Å². The van der Waals surface area contributed by atoms with Gasteiger partial charge in [0.1, 0.15) is 5.82 Å². The lowest BCUT2D eigenvalue weighted by molar-refractivity contribution is 0.311. The van der Waals surface area contributed by atoms with Gasteiger partial charge >= 0.3 is 0 Å². The number of nitrogens with zero attached hydrogens (tertiary/aromatic N) is 2. The monoisotopic (exact) mass is 280 g/mol. The molecule has 1 heterocycles. The molecule has 2 rings (SSSR count). The minimum absolute atomic E-state index is 0.522. The summed E-state index contributed by atoms with van der Waals surface area (Å²) in [4.78, 5) is 4.36. The summed E-state index contributed by atoms with van der Waals surface area (Å²) >= 11 is 6.24. The molecule has 0 atom stereocenters. The van der Waals surface area contributed by atoms with Crippen molar-refractivity contribution in [2.75, 3.05) is 13.7 Å². The minimum atomic E-state index is 0.522. The molecule has 0 bridgehead atoms. The molecule has 0 saturated carbocycles. The second kappa shape index (κ2) is 5.97. The fraction of sp³-hybridized carbons (Fsp3) is 0.357. The molecule has 0 aliphatic heterocycles. The van der Waals surface area contributed by atoms with Gasteiger partial charge in [-0.2, -0.15) is 0 Å². The topological polar surface area (TPSA) is 36.3 Å². The Morgan fingerprint density at radius 1 is 1.32 bits per heavy atom. The number of aryl methyl sites for hydroxylation is 1. The third-order valence-corrected chi connectivity index (χ3v) is 3.11. The zero-order valence-corrected chi connectivity index (χ0v) is 12.1. The smallest absolute Gasteiger partial charge is 0.179 e.